The molecule has 0 radical (unpaired) electrons. The molecule has 8 atom stereocenters. The summed E-state index contributed by atoms with van der Waals surface area (Å²) in [6.07, 6.45) is 63.7. The molecule has 6 N–H and O–H groups in total. The van der Waals surface area contributed by atoms with Crippen LogP contribution in [0.2, 0.25) is 0 Å². The maximum absolute atomic E-state index is 13.4. The number of carbonyl (C=O) groups is 2. The third-order valence-corrected chi connectivity index (χ3v) is 15.6. The van der Waals surface area contributed by atoms with Crippen LogP contribution in [0.25, 0.3) is 0 Å². The molecule has 0 spiro atoms. The van der Waals surface area contributed by atoms with Crippen LogP contribution in [0.5, 0.6) is 0 Å². The molecule has 8 unspecified atom stereocenters. The van der Waals surface area contributed by atoms with Crippen molar-refractivity contribution in [1.29, 1.82) is 0 Å². The Morgan fingerprint density at radius 1 is 0.481 bits per heavy atom. The van der Waals surface area contributed by atoms with Crippen LogP contribution in [0.4, 0.5) is 0 Å². The molecule has 11 nitrogen and oxygen atoms in total. The number of hydrogen-bond donors (Lipinski definition) is 6. The molecule has 1 rings (SSSR count). The predicted octanol–water partition coefficient (Wildman–Crippen LogP) is 16.7. The van der Waals surface area contributed by atoms with Crippen LogP contribution in [-0.2, 0) is 23.8 Å². The summed E-state index contributed by atoms with van der Waals surface area (Å²) in [5, 5.41) is 57.0. The lowest BCUT2D eigenvalue weighted by molar-refractivity contribution is -0.305. The fourth-order valence-electron chi connectivity index (χ4n) is 10.2. The highest BCUT2D eigenvalue weighted by molar-refractivity contribution is 5.80. The van der Waals surface area contributed by atoms with Crippen molar-refractivity contribution in [3.63, 3.8) is 0 Å². The maximum Gasteiger partial charge on any atom is 0.306 e. The molecule has 1 saturated heterocycles. The van der Waals surface area contributed by atoms with Gasteiger partial charge in [0.15, 0.2) is 12.4 Å². The molecule has 81 heavy (non-hydrogen) atoms. The van der Waals surface area contributed by atoms with Gasteiger partial charge < -0.3 is 45.1 Å². The zero-order valence-corrected chi connectivity index (χ0v) is 52.1. The Morgan fingerprint density at radius 3 is 1.30 bits per heavy atom. The number of rotatable bonds is 57. The fourth-order valence-corrected chi connectivity index (χ4v) is 10.2. The van der Waals surface area contributed by atoms with E-state index < -0.39 is 67.4 Å². The van der Waals surface area contributed by atoms with Gasteiger partial charge in [-0.3, -0.25) is 9.59 Å². The van der Waals surface area contributed by atoms with E-state index >= 15 is 0 Å². The smallest absolute Gasteiger partial charge is 0.306 e. The molecule has 0 aromatic carbocycles. The number of unbranched alkanes of at least 4 members (excludes halogenated alkanes) is 33. The summed E-state index contributed by atoms with van der Waals surface area (Å²) >= 11 is 0. The highest BCUT2D eigenvalue weighted by atomic mass is 16.7. The van der Waals surface area contributed by atoms with E-state index in [9.17, 15) is 35.1 Å². The number of aliphatic hydroxyl groups is 5. The van der Waals surface area contributed by atoms with Gasteiger partial charge >= 0.3 is 5.97 Å². The molecule has 1 amide bonds. The minimum atomic E-state index is -1.62. The van der Waals surface area contributed by atoms with E-state index in [0.29, 0.717) is 12.8 Å². The normalized spacial score (nSPS) is 19.1. The maximum atomic E-state index is 13.4. The first kappa shape index (κ1) is 76.1. The topological polar surface area (TPSA) is 175 Å². The van der Waals surface area contributed by atoms with E-state index in [2.05, 4.69) is 86.8 Å². The number of nitrogens with one attached hydrogen (secondary N) is 1. The molecular weight excluding hydrogens is 1010 g/mol. The number of aliphatic hydroxyl groups excluding tert-OH is 5. The quantitative estimate of drug-likeness (QED) is 0.0195. The lowest BCUT2D eigenvalue weighted by Gasteiger charge is -2.41. The summed E-state index contributed by atoms with van der Waals surface area (Å²) in [5.74, 6) is -1.21. The molecule has 470 valence electrons. The van der Waals surface area contributed by atoms with Crippen LogP contribution in [0.15, 0.2) is 72.9 Å². The Hall–Kier alpha value is -2.90. The van der Waals surface area contributed by atoms with Gasteiger partial charge in [-0.2, -0.15) is 0 Å². The van der Waals surface area contributed by atoms with Crippen LogP contribution >= 0.6 is 0 Å². The predicted molar refractivity (Wildman–Crippen MR) is 338 cm³/mol. The lowest BCUT2D eigenvalue weighted by Crippen LogP contribution is -2.61. The molecule has 1 heterocycles. The van der Waals surface area contributed by atoms with E-state index in [1.54, 1.807) is 6.08 Å². The summed E-state index contributed by atoms with van der Waals surface area (Å²) in [6, 6.07) is -1.04. The molecule has 0 bridgehead atoms. The van der Waals surface area contributed by atoms with E-state index in [-0.39, 0.29) is 19.4 Å². The Morgan fingerprint density at radius 2 is 0.852 bits per heavy atom. The number of amides is 1. The lowest BCUT2D eigenvalue weighted by atomic mass is 9.99. The van der Waals surface area contributed by atoms with E-state index in [1.165, 1.54) is 167 Å². The van der Waals surface area contributed by atoms with E-state index in [1.807, 2.05) is 6.08 Å². The van der Waals surface area contributed by atoms with Gasteiger partial charge in [0.25, 0.3) is 0 Å². The highest BCUT2D eigenvalue weighted by Gasteiger charge is 2.47. The molecule has 0 aliphatic carbocycles. The Kier molecular flexibility index (Phi) is 54.1. The SMILES string of the molecule is CCCCC/C=C\C/C=C\C/C=C\CCCCCC(O)C(=O)NC(COC1OC(CO)C(O)C(O)C1OC(=O)CCCCCCCCCCCCCCCCC/C=C\C/C=C\CCCCC)C(O)/C=C/CCCCCCCCCCC. The fraction of sp³-hybridized carbons (Fsp3) is 0.800. The van der Waals surface area contributed by atoms with Crippen molar-refractivity contribution in [2.75, 3.05) is 13.2 Å². The summed E-state index contributed by atoms with van der Waals surface area (Å²) in [5.41, 5.74) is 0. The molecule has 1 aliphatic heterocycles. The van der Waals surface area contributed by atoms with Gasteiger partial charge in [0.2, 0.25) is 5.91 Å². The largest absolute Gasteiger partial charge is 0.454 e. The zero-order valence-electron chi connectivity index (χ0n) is 52.1. The van der Waals surface area contributed by atoms with Crippen LogP contribution in [0, 0.1) is 0 Å². The van der Waals surface area contributed by atoms with Crippen molar-refractivity contribution < 1.29 is 49.3 Å². The average Bonchev–Trinajstić information content (AvgIpc) is 3.50. The Bertz CT molecular complexity index is 1590. The van der Waals surface area contributed by atoms with Crippen molar-refractivity contribution in [1.82, 2.24) is 5.32 Å². The van der Waals surface area contributed by atoms with Gasteiger partial charge in [-0.25, -0.2) is 0 Å². The van der Waals surface area contributed by atoms with Crippen molar-refractivity contribution in [2.24, 2.45) is 0 Å². The van der Waals surface area contributed by atoms with Crippen molar-refractivity contribution in [2.45, 2.75) is 346 Å². The first-order valence-electron chi connectivity index (χ1n) is 33.7. The molecule has 1 aliphatic rings. The van der Waals surface area contributed by atoms with Crippen LogP contribution in [0.3, 0.4) is 0 Å². The summed E-state index contributed by atoms with van der Waals surface area (Å²) in [6.45, 7) is 5.73. The first-order chi connectivity index (χ1) is 39.7. The van der Waals surface area contributed by atoms with E-state index in [4.69, 9.17) is 14.2 Å². The number of hydrogen-bond acceptors (Lipinski definition) is 10. The summed E-state index contributed by atoms with van der Waals surface area (Å²) in [7, 11) is 0. The number of carbonyl (C=O) groups excluding carboxylic acids is 2. The molecular formula is C70H125NO10. The Labute approximate surface area is 496 Å². The van der Waals surface area contributed by atoms with Crippen LogP contribution in [-0.4, -0.2) is 99.6 Å². The molecule has 0 saturated carbocycles. The van der Waals surface area contributed by atoms with Crippen molar-refractivity contribution in [3.05, 3.63) is 72.9 Å². The van der Waals surface area contributed by atoms with Crippen molar-refractivity contribution >= 4 is 11.9 Å². The second-order valence-electron chi connectivity index (χ2n) is 23.2. The number of ether oxygens (including phenoxy) is 3. The minimum absolute atomic E-state index is 0.120. The monoisotopic (exact) mass is 1140 g/mol. The zero-order chi connectivity index (χ0) is 58.9. The number of allylic oxidation sites excluding steroid dienone is 11. The molecule has 0 aromatic rings. The van der Waals surface area contributed by atoms with Crippen LogP contribution < -0.4 is 5.32 Å². The van der Waals surface area contributed by atoms with Gasteiger partial charge in [0.1, 0.15) is 24.4 Å². The van der Waals surface area contributed by atoms with Crippen LogP contribution in [0.1, 0.15) is 297 Å². The second-order valence-corrected chi connectivity index (χ2v) is 23.2. The van der Waals surface area contributed by atoms with E-state index in [0.717, 1.165) is 83.5 Å². The van der Waals surface area contributed by atoms with Gasteiger partial charge in [0.05, 0.1) is 25.4 Å². The highest BCUT2D eigenvalue weighted by Crippen LogP contribution is 2.26. The van der Waals surface area contributed by atoms with Gasteiger partial charge in [-0.05, 0) is 96.3 Å². The average molecular weight is 1140 g/mol. The third kappa shape index (κ3) is 45.2. The molecule has 11 heteroatoms. The minimum Gasteiger partial charge on any atom is -0.454 e. The van der Waals surface area contributed by atoms with Crippen molar-refractivity contribution in [3.8, 4) is 0 Å². The Balaban J connectivity index is 2.58. The summed E-state index contributed by atoms with van der Waals surface area (Å²) in [4.78, 5) is 26.6. The standard InChI is InChI=1S/C70H125NO10/c1-4-7-10-13-16-19-22-24-26-28-29-30-31-32-33-34-35-36-38-40-43-46-49-52-55-58-65(75)81-68-67(77)66(76)64(59-72)80-70(68)79-60-61(62(73)56-53-50-47-44-41-21-18-15-12-9-6-3)71-69(78)63(74)57-54-51-48-45-42-39-37-27-25-23-20-17-14-11-8-5-2/h16-17,19-20,24-27,39,42,53,56,61-64,66-68,70,72-74,76-77H,4-15,18,21-23,28-38,40-41,43-52,54-55,57-60H2,1-3H3,(H,71,78)/b19-16-,20-17-,26-24-,27-25-,42-39-,56-53+. The first-order valence-corrected chi connectivity index (χ1v) is 33.7. The van der Waals surface area contributed by atoms with Gasteiger partial charge in [0, 0.05) is 6.42 Å². The van der Waals surface area contributed by atoms with Gasteiger partial charge in [-0.15, -0.1) is 0 Å². The number of esters is 1. The second kappa shape index (κ2) is 57.5. The third-order valence-electron chi connectivity index (χ3n) is 15.6. The van der Waals surface area contributed by atoms with Gasteiger partial charge in [-0.1, -0.05) is 267 Å². The molecule has 1 fully saturated rings. The summed E-state index contributed by atoms with van der Waals surface area (Å²) < 4.78 is 17.6. The molecule has 0 aromatic heterocycles.